The minimum atomic E-state index is -3.86. The molecule has 2 aliphatic heterocycles. The molecule has 0 radical (unpaired) electrons. The quantitative estimate of drug-likeness (QED) is 0.156. The van der Waals surface area contributed by atoms with Gasteiger partial charge in [-0.05, 0) is 93.5 Å². The summed E-state index contributed by atoms with van der Waals surface area (Å²) in [6.45, 7) is 6.22. The lowest BCUT2D eigenvalue weighted by molar-refractivity contribution is -0.142. The molecule has 5 atom stereocenters. The van der Waals surface area contributed by atoms with Crippen LogP contribution in [-0.4, -0.2) is 71.9 Å². The van der Waals surface area contributed by atoms with Crippen molar-refractivity contribution in [3.8, 4) is 22.2 Å². The molecule has 2 amide bonds. The number of ether oxygens (including phenoxy) is 2. The number of Topliss-reactive ketones (excluding diaryl/α,β-unsaturated/α-hetero) is 1. The molecule has 4 aliphatic rings. The van der Waals surface area contributed by atoms with Crippen LogP contribution in [0.1, 0.15) is 101 Å². The maximum atomic E-state index is 14.9. The zero-order chi connectivity index (χ0) is 42.3. The zero-order valence-electron chi connectivity index (χ0n) is 34.6. The van der Waals surface area contributed by atoms with Crippen molar-refractivity contribution in [2.45, 2.75) is 115 Å². The summed E-state index contributed by atoms with van der Waals surface area (Å²) in [5, 5.41) is 2.91. The van der Waals surface area contributed by atoms with E-state index in [0.717, 1.165) is 47.3 Å². The Labute approximate surface area is 355 Å². The van der Waals surface area contributed by atoms with Crippen molar-refractivity contribution in [1.82, 2.24) is 19.6 Å². The van der Waals surface area contributed by atoms with Gasteiger partial charge < -0.3 is 14.4 Å². The average molecular weight is 857 g/mol. The minimum Gasteiger partial charge on any atom is -0.496 e. The Morgan fingerprint density at radius 3 is 2.62 bits per heavy atom. The molecule has 0 bridgehead atoms. The molecule has 14 heteroatoms. The topological polar surface area (TPSA) is 145 Å². The minimum absolute atomic E-state index is 0.108. The number of rotatable bonds is 10. The number of aryl methyl sites for hydroxylation is 1. The molecule has 0 spiro atoms. The molecule has 8 rings (SSSR count). The van der Waals surface area contributed by atoms with Gasteiger partial charge in [-0.25, -0.2) is 22.8 Å². The number of amides is 2. The third kappa shape index (κ3) is 8.72. The van der Waals surface area contributed by atoms with Gasteiger partial charge in [-0.15, -0.1) is 11.3 Å². The van der Waals surface area contributed by atoms with Gasteiger partial charge in [-0.3, -0.25) is 19.1 Å². The van der Waals surface area contributed by atoms with E-state index in [-0.39, 0.29) is 48.7 Å². The second-order valence-corrected chi connectivity index (χ2v) is 20.2. The number of nitrogens with zero attached hydrogens (tertiary/aromatic N) is 3. The number of fused-ring (bicyclic) bond motifs is 3. The van der Waals surface area contributed by atoms with Crippen LogP contribution in [0.4, 0.5) is 4.39 Å². The summed E-state index contributed by atoms with van der Waals surface area (Å²) in [5.41, 5.74) is 2.55. The van der Waals surface area contributed by atoms with Crippen LogP contribution in [0, 0.1) is 30.0 Å². The fraction of sp³-hybridized carbons (Fsp3) is 0.500. The van der Waals surface area contributed by atoms with E-state index in [1.54, 1.807) is 18.1 Å². The summed E-state index contributed by atoms with van der Waals surface area (Å²) in [4.78, 5) is 55.2. The molecule has 60 heavy (non-hydrogen) atoms. The molecule has 2 saturated carbocycles. The predicted molar refractivity (Wildman–Crippen MR) is 229 cm³/mol. The smallest absolute Gasteiger partial charge is 0.240 e. The number of aromatic nitrogens is 2. The number of benzene rings is 2. The van der Waals surface area contributed by atoms with E-state index in [0.29, 0.717) is 60.4 Å². The maximum Gasteiger partial charge on any atom is 0.240 e. The Balaban J connectivity index is 1.15. The van der Waals surface area contributed by atoms with E-state index in [1.165, 1.54) is 23.5 Å². The first-order valence-corrected chi connectivity index (χ1v) is 23.6. The number of pyridine rings is 1. The number of nitrogens with one attached hydrogen (secondary N) is 1. The van der Waals surface area contributed by atoms with Crippen LogP contribution in [0.5, 0.6) is 11.5 Å². The van der Waals surface area contributed by atoms with Crippen molar-refractivity contribution in [3.63, 3.8) is 0 Å². The highest BCUT2D eigenvalue weighted by molar-refractivity contribution is 7.90. The molecule has 2 aromatic heterocycles. The van der Waals surface area contributed by atoms with E-state index in [1.807, 2.05) is 48.7 Å². The first kappa shape index (κ1) is 42.0. The van der Waals surface area contributed by atoms with E-state index in [2.05, 4.69) is 18.6 Å². The van der Waals surface area contributed by atoms with E-state index < -0.39 is 44.7 Å². The molecular weight excluding hydrogens is 804 g/mol. The maximum absolute atomic E-state index is 14.9. The molecule has 4 heterocycles. The van der Waals surface area contributed by atoms with Gasteiger partial charge >= 0.3 is 0 Å². The summed E-state index contributed by atoms with van der Waals surface area (Å²) in [5.74, 6) is -0.971. The summed E-state index contributed by atoms with van der Waals surface area (Å²) in [7, 11) is -2.24. The molecule has 1 saturated heterocycles. The lowest BCUT2D eigenvalue weighted by atomic mass is 9.90. The van der Waals surface area contributed by atoms with Crippen LogP contribution in [0.25, 0.3) is 21.6 Å². The fourth-order valence-electron chi connectivity index (χ4n) is 8.93. The number of sulfonamides is 1. The Bertz CT molecular complexity index is 2450. The fourth-order valence-corrected chi connectivity index (χ4v) is 11.3. The summed E-state index contributed by atoms with van der Waals surface area (Å²) in [6, 6.07) is 11.0. The molecule has 0 unspecified atom stereocenters. The third-order valence-electron chi connectivity index (χ3n) is 12.7. The van der Waals surface area contributed by atoms with Crippen LogP contribution in [0.3, 0.4) is 0 Å². The Morgan fingerprint density at radius 1 is 1.07 bits per heavy atom. The van der Waals surface area contributed by atoms with Gasteiger partial charge in [-0.2, -0.15) is 0 Å². The number of carbonyl (C=O) groups excluding carboxylic acids is 3. The number of methoxy groups -OCH3 is 1. The number of hydrogen-bond acceptors (Lipinski definition) is 10. The molecule has 1 N–H and O–H groups in total. The van der Waals surface area contributed by atoms with E-state index >= 15 is 0 Å². The van der Waals surface area contributed by atoms with Gasteiger partial charge in [0.05, 0.1) is 41.6 Å². The van der Waals surface area contributed by atoms with Gasteiger partial charge in [0.25, 0.3) is 0 Å². The third-order valence-corrected chi connectivity index (χ3v) is 15.4. The van der Waals surface area contributed by atoms with Crippen LogP contribution < -0.4 is 14.2 Å². The molecule has 4 aromatic rings. The standard InChI is InChI=1S/C46H53FN4O7S2/c1-27(2)37-26-59-43(49-37)36-22-41(35-17-18-40(57-4)28(3)42(35)48-36)58-33-21-38-39(52)24-46(45(54)50-60(55,56)34-15-16-34)23-31(46)13-9-7-5-6-8-12-30(44(53)51(38)25-33)19-29-11-10-14-32(47)20-29/h9-11,13-14,17-18,20,22,26-27,30-31,33-34,38H,5-8,12,15-16,19,21,23-25H2,1-4H3,(H,50,54)/b13-9-/t30-,31+,33-,38+,46-/m1/s1. The van der Waals surface area contributed by atoms with Crippen molar-refractivity contribution in [1.29, 1.82) is 0 Å². The summed E-state index contributed by atoms with van der Waals surface area (Å²) >= 11 is 1.50. The van der Waals surface area contributed by atoms with Crippen LogP contribution in [0.15, 0.2) is 60.0 Å². The van der Waals surface area contributed by atoms with Crippen LogP contribution in [-0.2, 0) is 30.8 Å². The molecule has 11 nitrogen and oxygen atoms in total. The van der Waals surface area contributed by atoms with Crippen LogP contribution >= 0.6 is 11.3 Å². The molecular formula is C46H53FN4O7S2. The number of carbonyl (C=O) groups is 3. The van der Waals surface area contributed by atoms with Crippen molar-refractivity contribution < 1.29 is 36.7 Å². The Morgan fingerprint density at radius 2 is 1.88 bits per heavy atom. The normalized spacial score (nSPS) is 25.6. The van der Waals surface area contributed by atoms with Crippen molar-refractivity contribution in [2.24, 2.45) is 17.3 Å². The number of allylic oxidation sites excluding steroid dienone is 2. The van der Waals surface area contributed by atoms with Gasteiger partial charge in [-0.1, -0.05) is 51.0 Å². The highest BCUT2D eigenvalue weighted by Gasteiger charge is 2.61. The van der Waals surface area contributed by atoms with Gasteiger partial charge in [0.1, 0.15) is 34.1 Å². The average Bonchev–Trinajstić information content (AvgIpc) is 4.09. The first-order valence-electron chi connectivity index (χ1n) is 21.2. The van der Waals surface area contributed by atoms with Crippen molar-refractivity contribution >= 4 is 49.9 Å². The Hall–Kier alpha value is -4.69. The van der Waals surface area contributed by atoms with Crippen LogP contribution in [0.2, 0.25) is 0 Å². The molecule has 3 fully saturated rings. The number of thiazole rings is 1. The lowest BCUT2D eigenvalue weighted by Crippen LogP contribution is -2.46. The van der Waals surface area contributed by atoms with Crippen molar-refractivity contribution in [3.05, 3.63) is 82.6 Å². The number of ketones is 1. The second-order valence-electron chi connectivity index (χ2n) is 17.4. The van der Waals surface area contributed by atoms with Gasteiger partial charge in [0.2, 0.25) is 21.8 Å². The number of halogens is 1. The van der Waals surface area contributed by atoms with Gasteiger partial charge in [0.15, 0.2) is 5.78 Å². The summed E-state index contributed by atoms with van der Waals surface area (Å²) < 4.78 is 55.3. The van der Waals surface area contributed by atoms with E-state index in [4.69, 9.17) is 19.4 Å². The SMILES string of the molecule is COc1ccc2c(O[C@@H]3C[C@H]4C(=O)C[C@]5(C(=O)NS(=O)(=O)C6CC6)C[C@@H]5/C=C\CCCCC[C@H](Cc5cccc(F)c5)C(=O)N4C3)cc(-c3nc(C(C)C)cs3)nc2c1C. The summed E-state index contributed by atoms with van der Waals surface area (Å²) in [6.07, 6.45) is 8.79. The molecule has 2 aromatic carbocycles. The largest absolute Gasteiger partial charge is 0.496 e. The zero-order valence-corrected chi connectivity index (χ0v) is 36.2. The highest BCUT2D eigenvalue weighted by Crippen LogP contribution is 2.57. The van der Waals surface area contributed by atoms with Crippen molar-refractivity contribution in [2.75, 3.05) is 13.7 Å². The first-order chi connectivity index (χ1) is 28.8. The van der Waals surface area contributed by atoms with E-state index in [9.17, 15) is 27.2 Å². The predicted octanol–water partition coefficient (Wildman–Crippen LogP) is 8.24. The number of hydrogen-bond donors (Lipinski definition) is 1. The molecule has 2 aliphatic carbocycles. The molecule has 318 valence electrons. The highest BCUT2D eigenvalue weighted by atomic mass is 32.2. The monoisotopic (exact) mass is 856 g/mol. The lowest BCUT2D eigenvalue weighted by Gasteiger charge is -2.29. The van der Waals surface area contributed by atoms with Gasteiger partial charge in [0, 0.05) is 41.2 Å². The Kier molecular flexibility index (Phi) is 11.9. The second kappa shape index (κ2) is 17.0.